The number of hydrogen-bond donors (Lipinski definition) is 1. The molecule has 0 aliphatic carbocycles. The van der Waals surface area contributed by atoms with Crippen LogP contribution in [0.25, 0.3) is 0 Å². The molecule has 0 atom stereocenters. The van der Waals surface area contributed by atoms with Gasteiger partial charge >= 0.3 is 0 Å². The number of rotatable bonds is 3. The second-order valence-corrected chi connectivity index (χ2v) is 3.94. The molecule has 0 bridgehead atoms. The molecule has 1 saturated heterocycles. The van der Waals surface area contributed by atoms with Crippen molar-refractivity contribution in [3.63, 3.8) is 0 Å². The van der Waals surface area contributed by atoms with Crippen molar-refractivity contribution in [2.45, 2.75) is 13.1 Å². The first-order chi connectivity index (χ1) is 7.29. The van der Waals surface area contributed by atoms with E-state index in [1.165, 1.54) is 0 Å². The van der Waals surface area contributed by atoms with E-state index in [4.69, 9.17) is 5.73 Å². The van der Waals surface area contributed by atoms with Crippen LogP contribution in [0, 0.1) is 0 Å². The Morgan fingerprint density at radius 3 is 2.53 bits per heavy atom. The minimum absolute atomic E-state index is 0.395. The summed E-state index contributed by atoms with van der Waals surface area (Å²) in [7, 11) is 2.14. The Kier molecular flexibility index (Phi) is 3.30. The zero-order valence-corrected chi connectivity index (χ0v) is 9.02. The van der Waals surface area contributed by atoms with E-state index < -0.39 is 0 Å². The van der Waals surface area contributed by atoms with Gasteiger partial charge in [-0.1, -0.05) is 10.3 Å². The van der Waals surface area contributed by atoms with Crippen molar-refractivity contribution < 1.29 is 4.63 Å². The predicted molar refractivity (Wildman–Crippen MR) is 55.0 cm³/mol. The van der Waals surface area contributed by atoms with E-state index in [-0.39, 0.29) is 0 Å². The van der Waals surface area contributed by atoms with Gasteiger partial charge in [0.2, 0.25) is 0 Å². The molecule has 2 heterocycles. The summed E-state index contributed by atoms with van der Waals surface area (Å²) in [6.07, 6.45) is 0. The highest BCUT2D eigenvalue weighted by molar-refractivity contribution is 5.06. The fourth-order valence-corrected chi connectivity index (χ4v) is 1.72. The molecule has 0 aromatic carbocycles. The van der Waals surface area contributed by atoms with Crippen molar-refractivity contribution in [3.8, 4) is 0 Å². The lowest BCUT2D eigenvalue weighted by atomic mass is 10.2. The zero-order chi connectivity index (χ0) is 10.7. The molecule has 0 amide bonds. The van der Waals surface area contributed by atoms with Crippen LogP contribution in [0.4, 0.5) is 0 Å². The maximum atomic E-state index is 5.53. The van der Waals surface area contributed by atoms with Gasteiger partial charge in [-0.05, 0) is 7.05 Å². The van der Waals surface area contributed by atoms with Crippen molar-refractivity contribution in [1.82, 2.24) is 20.1 Å². The SMILES string of the molecule is CN1CCN(Cc2nonc2CN)CC1. The van der Waals surface area contributed by atoms with Gasteiger partial charge in [-0.15, -0.1) is 0 Å². The third-order valence-electron chi connectivity index (χ3n) is 2.80. The monoisotopic (exact) mass is 211 g/mol. The quantitative estimate of drug-likeness (QED) is 0.711. The Morgan fingerprint density at radius 2 is 1.87 bits per heavy atom. The molecule has 2 N–H and O–H groups in total. The Hall–Kier alpha value is -0.980. The summed E-state index contributed by atoms with van der Waals surface area (Å²) in [5.41, 5.74) is 7.18. The summed E-state index contributed by atoms with van der Waals surface area (Å²) >= 11 is 0. The fourth-order valence-electron chi connectivity index (χ4n) is 1.72. The van der Waals surface area contributed by atoms with E-state index in [0.717, 1.165) is 44.1 Å². The third kappa shape index (κ3) is 2.53. The van der Waals surface area contributed by atoms with Crippen LogP contribution in [-0.4, -0.2) is 53.3 Å². The lowest BCUT2D eigenvalue weighted by molar-refractivity contribution is 0.145. The second-order valence-electron chi connectivity index (χ2n) is 3.94. The van der Waals surface area contributed by atoms with E-state index >= 15 is 0 Å². The van der Waals surface area contributed by atoms with Gasteiger partial charge in [-0.3, -0.25) is 4.90 Å². The van der Waals surface area contributed by atoms with Crippen LogP contribution in [0.5, 0.6) is 0 Å². The summed E-state index contributed by atoms with van der Waals surface area (Å²) in [6, 6.07) is 0. The molecule has 1 aromatic rings. The summed E-state index contributed by atoms with van der Waals surface area (Å²) in [6.45, 7) is 5.52. The van der Waals surface area contributed by atoms with Crippen molar-refractivity contribution >= 4 is 0 Å². The standard InChI is InChI=1S/C9H17N5O/c1-13-2-4-14(5-3-13)7-9-8(6-10)11-15-12-9/h2-7,10H2,1H3. The van der Waals surface area contributed by atoms with Gasteiger partial charge in [0.25, 0.3) is 0 Å². The topological polar surface area (TPSA) is 71.4 Å². The molecule has 1 aliphatic heterocycles. The molecule has 0 spiro atoms. The molecule has 0 saturated carbocycles. The van der Waals surface area contributed by atoms with Crippen LogP contribution >= 0.6 is 0 Å². The van der Waals surface area contributed by atoms with Crippen LogP contribution < -0.4 is 5.73 Å². The van der Waals surface area contributed by atoms with Gasteiger partial charge in [0.05, 0.1) is 0 Å². The number of piperazine rings is 1. The van der Waals surface area contributed by atoms with Crippen LogP contribution in [0.15, 0.2) is 4.63 Å². The molecule has 2 rings (SSSR count). The van der Waals surface area contributed by atoms with Crippen LogP contribution in [0.2, 0.25) is 0 Å². The first kappa shape index (κ1) is 10.5. The lowest BCUT2D eigenvalue weighted by Crippen LogP contribution is -2.44. The van der Waals surface area contributed by atoms with E-state index in [1.807, 2.05) is 0 Å². The number of hydrogen-bond acceptors (Lipinski definition) is 6. The summed E-state index contributed by atoms with van der Waals surface area (Å²) < 4.78 is 4.68. The Bertz CT molecular complexity index is 305. The summed E-state index contributed by atoms with van der Waals surface area (Å²) in [5.74, 6) is 0. The zero-order valence-electron chi connectivity index (χ0n) is 9.02. The van der Waals surface area contributed by atoms with Gasteiger partial charge in [0, 0.05) is 39.3 Å². The highest BCUT2D eigenvalue weighted by Gasteiger charge is 2.17. The maximum absolute atomic E-state index is 5.53. The van der Waals surface area contributed by atoms with Crippen LogP contribution in [0.3, 0.4) is 0 Å². The van der Waals surface area contributed by atoms with Crippen molar-refractivity contribution in [1.29, 1.82) is 0 Å². The molecule has 0 unspecified atom stereocenters. The van der Waals surface area contributed by atoms with Crippen LogP contribution in [-0.2, 0) is 13.1 Å². The molecular formula is C9H17N5O. The van der Waals surface area contributed by atoms with Crippen molar-refractivity contribution in [2.75, 3.05) is 33.2 Å². The maximum Gasteiger partial charge on any atom is 0.123 e. The Morgan fingerprint density at radius 1 is 1.20 bits per heavy atom. The molecule has 6 heteroatoms. The number of nitrogens with two attached hydrogens (primary N) is 1. The lowest BCUT2D eigenvalue weighted by Gasteiger charge is -2.31. The Balaban J connectivity index is 1.91. The van der Waals surface area contributed by atoms with Gasteiger partial charge in [0.15, 0.2) is 0 Å². The molecule has 6 nitrogen and oxygen atoms in total. The first-order valence-corrected chi connectivity index (χ1v) is 5.21. The average Bonchev–Trinajstić information content (AvgIpc) is 2.69. The minimum Gasteiger partial charge on any atom is -0.325 e. The Labute approximate surface area is 89.0 Å². The smallest absolute Gasteiger partial charge is 0.123 e. The minimum atomic E-state index is 0.395. The summed E-state index contributed by atoms with van der Waals surface area (Å²) in [5, 5.41) is 7.65. The second kappa shape index (κ2) is 4.69. The molecule has 1 fully saturated rings. The molecule has 1 aromatic heterocycles. The third-order valence-corrected chi connectivity index (χ3v) is 2.80. The molecule has 15 heavy (non-hydrogen) atoms. The van der Waals surface area contributed by atoms with Gasteiger partial charge in [-0.2, -0.15) is 0 Å². The van der Waals surface area contributed by atoms with E-state index in [9.17, 15) is 0 Å². The highest BCUT2D eigenvalue weighted by atomic mass is 16.6. The molecular weight excluding hydrogens is 194 g/mol. The normalized spacial score (nSPS) is 19.6. The number of nitrogens with zero attached hydrogens (tertiary/aromatic N) is 4. The van der Waals surface area contributed by atoms with Crippen molar-refractivity contribution in [3.05, 3.63) is 11.4 Å². The molecule has 1 aliphatic rings. The molecule has 0 radical (unpaired) electrons. The highest BCUT2D eigenvalue weighted by Crippen LogP contribution is 2.08. The first-order valence-electron chi connectivity index (χ1n) is 5.21. The van der Waals surface area contributed by atoms with Gasteiger partial charge < -0.3 is 10.6 Å². The van der Waals surface area contributed by atoms with E-state index in [1.54, 1.807) is 0 Å². The number of likely N-dealkylation sites (N-methyl/N-ethyl adjacent to an activating group) is 1. The number of aromatic nitrogens is 2. The van der Waals surface area contributed by atoms with Gasteiger partial charge in [0.1, 0.15) is 11.4 Å². The average molecular weight is 211 g/mol. The van der Waals surface area contributed by atoms with Crippen LogP contribution in [0.1, 0.15) is 11.4 Å². The summed E-state index contributed by atoms with van der Waals surface area (Å²) in [4.78, 5) is 4.67. The fraction of sp³-hybridized carbons (Fsp3) is 0.778. The van der Waals surface area contributed by atoms with E-state index in [2.05, 4.69) is 31.8 Å². The van der Waals surface area contributed by atoms with E-state index in [0.29, 0.717) is 6.54 Å². The largest absolute Gasteiger partial charge is 0.325 e. The van der Waals surface area contributed by atoms with Gasteiger partial charge in [-0.25, -0.2) is 4.63 Å². The predicted octanol–water partition coefficient (Wildman–Crippen LogP) is -0.724. The van der Waals surface area contributed by atoms with Crippen molar-refractivity contribution in [2.24, 2.45) is 5.73 Å². The molecule has 84 valence electrons.